The molecule has 154 valence electrons. The van der Waals surface area contributed by atoms with Gasteiger partial charge in [0.05, 0.1) is 6.42 Å². The summed E-state index contributed by atoms with van der Waals surface area (Å²) in [6.45, 7) is 5.28. The summed E-state index contributed by atoms with van der Waals surface area (Å²) in [7, 11) is 0. The normalized spacial score (nSPS) is 14.6. The number of nitrogens with one attached hydrogen (secondary N) is 1. The van der Waals surface area contributed by atoms with Gasteiger partial charge in [0.25, 0.3) is 0 Å². The summed E-state index contributed by atoms with van der Waals surface area (Å²) >= 11 is 0. The van der Waals surface area contributed by atoms with E-state index < -0.39 is 0 Å². The molecule has 0 unspecified atom stereocenters. The number of likely N-dealkylation sites (tertiary alicyclic amines) is 1. The van der Waals surface area contributed by atoms with Crippen LogP contribution in [0.4, 0.5) is 0 Å². The van der Waals surface area contributed by atoms with E-state index in [1.54, 1.807) is 6.20 Å². The minimum absolute atomic E-state index is 0.00894. The molecule has 3 aromatic rings. The number of carbonyl (C=O) groups is 2. The van der Waals surface area contributed by atoms with E-state index in [1.807, 2.05) is 47.5 Å². The topological polar surface area (TPSA) is 75.3 Å². The van der Waals surface area contributed by atoms with Crippen molar-refractivity contribution < 1.29 is 14.3 Å². The second kappa shape index (κ2) is 8.95. The van der Waals surface area contributed by atoms with Gasteiger partial charge in [0.1, 0.15) is 12.3 Å². The first kappa shape index (κ1) is 19.9. The fraction of sp³-hybridized carbons (Fsp3) is 0.292. The van der Waals surface area contributed by atoms with Crippen molar-refractivity contribution in [2.75, 3.05) is 13.1 Å². The molecule has 1 saturated heterocycles. The highest BCUT2D eigenvalue weighted by atomic mass is 16.5. The van der Waals surface area contributed by atoms with Gasteiger partial charge in [-0.3, -0.25) is 9.59 Å². The monoisotopic (exact) mass is 403 g/mol. The van der Waals surface area contributed by atoms with E-state index in [2.05, 4.69) is 16.5 Å². The number of piperidine rings is 1. The van der Waals surface area contributed by atoms with Gasteiger partial charge >= 0.3 is 5.97 Å². The molecule has 0 atom stereocenters. The maximum absolute atomic E-state index is 12.3. The number of hydrogen-bond acceptors (Lipinski definition) is 4. The molecule has 1 aliphatic heterocycles. The molecule has 1 aromatic carbocycles. The molecule has 0 aliphatic carbocycles. The fourth-order valence-electron chi connectivity index (χ4n) is 4.00. The highest BCUT2D eigenvalue weighted by Crippen LogP contribution is 2.33. The maximum atomic E-state index is 12.3. The molecule has 0 bridgehead atoms. The minimum Gasteiger partial charge on any atom is -0.461 e. The van der Waals surface area contributed by atoms with Gasteiger partial charge in [0, 0.05) is 30.9 Å². The number of amides is 1. The van der Waals surface area contributed by atoms with E-state index in [9.17, 15) is 9.59 Å². The molecule has 0 spiro atoms. The summed E-state index contributed by atoms with van der Waals surface area (Å²) in [5.74, 6) is 0.0772. The van der Waals surface area contributed by atoms with Crippen molar-refractivity contribution >= 4 is 22.9 Å². The van der Waals surface area contributed by atoms with E-state index in [0.717, 1.165) is 48.1 Å². The predicted octanol–water partition coefficient (Wildman–Crippen LogP) is 3.74. The molecule has 6 nitrogen and oxygen atoms in total. The van der Waals surface area contributed by atoms with Gasteiger partial charge in [0.2, 0.25) is 5.91 Å². The van der Waals surface area contributed by atoms with Crippen LogP contribution in [-0.2, 0) is 27.4 Å². The highest BCUT2D eigenvalue weighted by Gasteiger charge is 2.24. The number of rotatable bonds is 6. The summed E-state index contributed by atoms with van der Waals surface area (Å²) in [6, 6.07) is 11.7. The van der Waals surface area contributed by atoms with Crippen LogP contribution in [0.1, 0.15) is 35.4 Å². The van der Waals surface area contributed by atoms with Crippen LogP contribution in [0.5, 0.6) is 0 Å². The van der Waals surface area contributed by atoms with E-state index in [-0.39, 0.29) is 24.9 Å². The Morgan fingerprint density at radius 3 is 2.70 bits per heavy atom. The van der Waals surface area contributed by atoms with Crippen molar-refractivity contribution in [1.29, 1.82) is 0 Å². The summed E-state index contributed by atoms with van der Waals surface area (Å²) < 4.78 is 5.40. The first-order chi connectivity index (χ1) is 14.6. The van der Waals surface area contributed by atoms with Crippen molar-refractivity contribution in [1.82, 2.24) is 14.9 Å². The van der Waals surface area contributed by atoms with Crippen molar-refractivity contribution in [3.63, 3.8) is 0 Å². The van der Waals surface area contributed by atoms with Gasteiger partial charge < -0.3 is 14.6 Å². The number of fused-ring (bicyclic) bond motifs is 1. The highest BCUT2D eigenvalue weighted by molar-refractivity contribution is 5.87. The van der Waals surface area contributed by atoms with Crippen molar-refractivity contribution in [3.8, 4) is 0 Å². The first-order valence-electron chi connectivity index (χ1n) is 10.2. The molecule has 1 amide bonds. The summed E-state index contributed by atoms with van der Waals surface area (Å²) in [5, 5.41) is 1.04. The summed E-state index contributed by atoms with van der Waals surface area (Å²) in [6.07, 6.45) is 7.08. The van der Waals surface area contributed by atoms with Gasteiger partial charge in [-0.15, -0.1) is 0 Å². The Labute approximate surface area is 175 Å². The zero-order valence-electron chi connectivity index (χ0n) is 16.8. The molecular formula is C24H25N3O3. The molecule has 30 heavy (non-hydrogen) atoms. The number of benzene rings is 1. The van der Waals surface area contributed by atoms with Crippen LogP contribution in [0.25, 0.3) is 11.0 Å². The van der Waals surface area contributed by atoms with Crippen LogP contribution in [-0.4, -0.2) is 39.8 Å². The van der Waals surface area contributed by atoms with Crippen LogP contribution in [0, 0.1) is 0 Å². The largest absolute Gasteiger partial charge is 0.461 e. The summed E-state index contributed by atoms with van der Waals surface area (Å²) in [4.78, 5) is 33.6. The number of hydrogen-bond donors (Lipinski definition) is 1. The van der Waals surface area contributed by atoms with E-state index in [4.69, 9.17) is 4.74 Å². The van der Waals surface area contributed by atoms with Crippen LogP contribution < -0.4 is 0 Å². The lowest BCUT2D eigenvalue weighted by atomic mass is 9.89. The molecule has 1 N–H and O–H groups in total. The van der Waals surface area contributed by atoms with Crippen LogP contribution in [0.2, 0.25) is 0 Å². The molecule has 1 aliphatic rings. The fourth-order valence-corrected chi connectivity index (χ4v) is 4.00. The van der Waals surface area contributed by atoms with E-state index in [1.165, 1.54) is 11.6 Å². The number of H-pyrrole nitrogens is 1. The lowest BCUT2D eigenvalue weighted by Gasteiger charge is -2.31. The Balaban J connectivity index is 1.42. The van der Waals surface area contributed by atoms with Crippen LogP contribution >= 0.6 is 0 Å². The number of carbonyl (C=O) groups excluding carboxylic acids is 2. The molecule has 0 radical (unpaired) electrons. The zero-order valence-corrected chi connectivity index (χ0v) is 16.8. The Hall–Kier alpha value is -3.41. The minimum atomic E-state index is -0.270. The molecular weight excluding hydrogens is 378 g/mol. The van der Waals surface area contributed by atoms with Crippen molar-refractivity contribution in [3.05, 3.63) is 78.1 Å². The van der Waals surface area contributed by atoms with Gasteiger partial charge in [-0.25, -0.2) is 4.98 Å². The lowest BCUT2D eigenvalue weighted by molar-refractivity contribution is -0.144. The SMILES string of the molecule is C=CC(=O)N1CCC(c2c[nH]c3ncc(CC(=O)OCc4ccccc4)cc23)CC1. The Morgan fingerprint density at radius 1 is 1.20 bits per heavy atom. The van der Waals surface area contributed by atoms with Gasteiger partial charge in [0.15, 0.2) is 0 Å². The van der Waals surface area contributed by atoms with Crippen LogP contribution in [0.3, 0.4) is 0 Å². The molecule has 4 rings (SSSR count). The molecule has 6 heteroatoms. The number of pyridine rings is 1. The second-order valence-electron chi connectivity index (χ2n) is 7.61. The third-order valence-corrected chi connectivity index (χ3v) is 5.63. The van der Waals surface area contributed by atoms with Gasteiger partial charge in [-0.05, 0) is 47.6 Å². The zero-order chi connectivity index (χ0) is 20.9. The number of aromatic amines is 1. The molecule has 0 saturated carbocycles. The van der Waals surface area contributed by atoms with Crippen molar-refractivity contribution in [2.45, 2.75) is 31.8 Å². The standard InChI is InChI=1S/C24H25N3O3/c1-2-22(28)27-10-8-19(9-11-27)21-15-26-24-20(21)12-18(14-25-24)13-23(29)30-16-17-6-4-3-5-7-17/h2-7,12,14-15,19H,1,8-11,13,16H2,(H,25,26). The number of esters is 1. The first-order valence-corrected chi connectivity index (χ1v) is 10.2. The molecule has 2 aromatic heterocycles. The van der Waals surface area contributed by atoms with Gasteiger partial charge in [-0.1, -0.05) is 36.9 Å². The van der Waals surface area contributed by atoms with Crippen molar-refractivity contribution in [2.24, 2.45) is 0 Å². The molecule has 1 fully saturated rings. The Kier molecular flexibility index (Phi) is 5.93. The Bertz CT molecular complexity index is 1050. The average Bonchev–Trinajstić information content (AvgIpc) is 3.21. The number of aromatic nitrogens is 2. The summed E-state index contributed by atoms with van der Waals surface area (Å²) in [5.41, 5.74) is 3.81. The molecule has 3 heterocycles. The Morgan fingerprint density at radius 2 is 1.97 bits per heavy atom. The van der Waals surface area contributed by atoms with Gasteiger partial charge in [-0.2, -0.15) is 0 Å². The smallest absolute Gasteiger partial charge is 0.310 e. The third-order valence-electron chi connectivity index (χ3n) is 5.63. The van der Waals surface area contributed by atoms with E-state index in [0.29, 0.717) is 5.92 Å². The lowest BCUT2D eigenvalue weighted by Crippen LogP contribution is -2.36. The van der Waals surface area contributed by atoms with Crippen LogP contribution in [0.15, 0.2) is 61.4 Å². The van der Waals surface area contributed by atoms with E-state index >= 15 is 0 Å². The average molecular weight is 403 g/mol. The maximum Gasteiger partial charge on any atom is 0.310 e. The third kappa shape index (κ3) is 4.43. The quantitative estimate of drug-likeness (QED) is 0.503. The number of ether oxygens (including phenoxy) is 1. The second-order valence-corrected chi connectivity index (χ2v) is 7.61. The number of nitrogens with zero attached hydrogens (tertiary/aromatic N) is 2. The predicted molar refractivity (Wildman–Crippen MR) is 115 cm³/mol.